The summed E-state index contributed by atoms with van der Waals surface area (Å²) in [5, 5.41) is 1.04. The molecule has 1 fully saturated rings. The van der Waals surface area contributed by atoms with Gasteiger partial charge in [0.2, 0.25) is 0 Å². The Morgan fingerprint density at radius 1 is 1.29 bits per heavy atom. The van der Waals surface area contributed by atoms with Crippen molar-refractivity contribution in [3.63, 3.8) is 0 Å². The summed E-state index contributed by atoms with van der Waals surface area (Å²) in [6, 6.07) is 10.7. The van der Waals surface area contributed by atoms with Crippen LogP contribution in [-0.2, 0) is 11.3 Å². The molecule has 17 heavy (non-hydrogen) atoms. The molecular formula is C14H20BrNO. The van der Waals surface area contributed by atoms with Crippen LogP contribution in [0.15, 0.2) is 30.3 Å². The third-order valence-electron chi connectivity index (χ3n) is 3.19. The third-order valence-corrected chi connectivity index (χ3v) is 3.54. The van der Waals surface area contributed by atoms with Crippen molar-refractivity contribution in [2.75, 3.05) is 31.6 Å². The van der Waals surface area contributed by atoms with Crippen molar-refractivity contribution < 1.29 is 4.74 Å². The molecule has 3 heteroatoms. The van der Waals surface area contributed by atoms with Crippen LogP contribution < -0.4 is 0 Å². The Hall–Kier alpha value is -0.380. The van der Waals surface area contributed by atoms with Crippen molar-refractivity contribution in [3.8, 4) is 0 Å². The lowest BCUT2D eigenvalue weighted by Crippen LogP contribution is -2.31. The zero-order chi connectivity index (χ0) is 11.9. The lowest BCUT2D eigenvalue weighted by Gasteiger charge is -2.24. The van der Waals surface area contributed by atoms with Crippen LogP contribution in [0, 0.1) is 5.92 Å². The van der Waals surface area contributed by atoms with E-state index in [1.54, 1.807) is 0 Å². The van der Waals surface area contributed by atoms with Gasteiger partial charge < -0.3 is 4.74 Å². The van der Waals surface area contributed by atoms with Crippen molar-refractivity contribution in [1.82, 2.24) is 4.90 Å². The minimum Gasteiger partial charge on any atom is -0.381 e. The molecule has 1 saturated heterocycles. The quantitative estimate of drug-likeness (QED) is 0.749. The molecule has 1 unspecified atom stereocenters. The highest BCUT2D eigenvalue weighted by molar-refractivity contribution is 9.09. The van der Waals surface area contributed by atoms with Crippen molar-refractivity contribution in [2.45, 2.75) is 13.0 Å². The largest absolute Gasteiger partial charge is 0.381 e. The van der Waals surface area contributed by atoms with Gasteiger partial charge in [-0.05, 0) is 17.9 Å². The first kappa shape index (κ1) is 13.1. The summed E-state index contributed by atoms with van der Waals surface area (Å²) < 4.78 is 5.45. The van der Waals surface area contributed by atoms with Gasteiger partial charge in [0.15, 0.2) is 0 Å². The fraction of sp³-hybridized carbons (Fsp3) is 0.571. The number of alkyl halides is 1. The molecule has 0 aliphatic carbocycles. The highest BCUT2D eigenvalue weighted by atomic mass is 79.9. The van der Waals surface area contributed by atoms with Crippen molar-refractivity contribution in [1.29, 1.82) is 0 Å². The van der Waals surface area contributed by atoms with Crippen LogP contribution in [0.25, 0.3) is 0 Å². The maximum absolute atomic E-state index is 5.45. The van der Waals surface area contributed by atoms with Crippen LogP contribution in [0.2, 0.25) is 0 Å². The molecule has 1 aromatic rings. The summed E-state index contributed by atoms with van der Waals surface area (Å²) in [7, 11) is 0. The molecule has 1 heterocycles. The lowest BCUT2D eigenvalue weighted by molar-refractivity contribution is 0.167. The van der Waals surface area contributed by atoms with Crippen LogP contribution in [0.4, 0.5) is 0 Å². The summed E-state index contributed by atoms with van der Waals surface area (Å²) in [6.45, 7) is 5.18. The van der Waals surface area contributed by atoms with Gasteiger partial charge in [-0.3, -0.25) is 4.90 Å². The van der Waals surface area contributed by atoms with Gasteiger partial charge in [0.1, 0.15) is 0 Å². The number of hydrogen-bond donors (Lipinski definition) is 0. The van der Waals surface area contributed by atoms with Gasteiger partial charge in [-0.25, -0.2) is 0 Å². The molecule has 0 radical (unpaired) electrons. The van der Waals surface area contributed by atoms with Gasteiger partial charge in [0.05, 0.1) is 6.61 Å². The van der Waals surface area contributed by atoms with Gasteiger partial charge in [0, 0.05) is 31.6 Å². The van der Waals surface area contributed by atoms with Gasteiger partial charge in [-0.2, -0.15) is 0 Å². The van der Waals surface area contributed by atoms with E-state index in [4.69, 9.17) is 4.74 Å². The molecule has 0 aromatic heterocycles. The fourth-order valence-corrected chi connectivity index (χ4v) is 2.79. The molecule has 1 aromatic carbocycles. The number of rotatable bonds is 6. The molecule has 94 valence electrons. The standard InChI is InChI=1S/C14H20BrNO/c15-7-8-16(11-14-6-9-17-12-14)10-13-4-2-1-3-5-13/h1-5,14H,6-12H2. The zero-order valence-corrected chi connectivity index (χ0v) is 11.7. The number of nitrogens with zero attached hydrogens (tertiary/aromatic N) is 1. The van der Waals surface area contributed by atoms with E-state index < -0.39 is 0 Å². The van der Waals surface area contributed by atoms with Gasteiger partial charge >= 0.3 is 0 Å². The van der Waals surface area contributed by atoms with E-state index in [1.165, 1.54) is 12.0 Å². The molecule has 1 aliphatic heterocycles. The maximum Gasteiger partial charge on any atom is 0.0507 e. The molecule has 1 aliphatic rings. The normalized spacial score (nSPS) is 20.0. The van der Waals surface area contributed by atoms with E-state index in [2.05, 4.69) is 51.2 Å². The molecular weight excluding hydrogens is 278 g/mol. The van der Waals surface area contributed by atoms with E-state index in [9.17, 15) is 0 Å². The van der Waals surface area contributed by atoms with E-state index in [0.717, 1.165) is 44.1 Å². The Morgan fingerprint density at radius 3 is 2.76 bits per heavy atom. The average molecular weight is 298 g/mol. The minimum absolute atomic E-state index is 0.720. The molecule has 0 spiro atoms. The molecule has 0 N–H and O–H groups in total. The Bertz CT molecular complexity index is 311. The van der Waals surface area contributed by atoms with E-state index in [1.807, 2.05) is 0 Å². The first-order valence-electron chi connectivity index (χ1n) is 6.28. The average Bonchev–Trinajstić information content (AvgIpc) is 2.83. The molecule has 1 atom stereocenters. The first-order chi connectivity index (χ1) is 8.38. The summed E-state index contributed by atoms with van der Waals surface area (Å²) in [5.41, 5.74) is 1.40. The van der Waals surface area contributed by atoms with Crippen LogP contribution in [0.5, 0.6) is 0 Å². The second kappa shape index (κ2) is 7.14. The Labute approximate surface area is 112 Å². The third kappa shape index (κ3) is 4.41. The van der Waals surface area contributed by atoms with Gasteiger partial charge in [-0.1, -0.05) is 46.3 Å². The molecule has 2 rings (SSSR count). The Kier molecular flexibility index (Phi) is 5.49. The monoisotopic (exact) mass is 297 g/mol. The van der Waals surface area contributed by atoms with Gasteiger partial charge in [-0.15, -0.1) is 0 Å². The number of halogens is 1. The second-order valence-electron chi connectivity index (χ2n) is 4.64. The minimum atomic E-state index is 0.720. The van der Waals surface area contributed by atoms with Crippen LogP contribution >= 0.6 is 15.9 Å². The topological polar surface area (TPSA) is 12.5 Å². The number of benzene rings is 1. The number of ether oxygens (including phenoxy) is 1. The van der Waals surface area contributed by atoms with E-state index >= 15 is 0 Å². The van der Waals surface area contributed by atoms with Crippen LogP contribution in [0.1, 0.15) is 12.0 Å². The molecule has 2 nitrogen and oxygen atoms in total. The molecule has 0 amide bonds. The van der Waals surface area contributed by atoms with E-state index in [-0.39, 0.29) is 0 Å². The maximum atomic E-state index is 5.45. The SMILES string of the molecule is BrCCN(Cc1ccccc1)CC1CCOC1. The van der Waals surface area contributed by atoms with Gasteiger partial charge in [0.25, 0.3) is 0 Å². The highest BCUT2D eigenvalue weighted by Crippen LogP contribution is 2.15. The highest BCUT2D eigenvalue weighted by Gasteiger charge is 2.18. The van der Waals surface area contributed by atoms with Crippen molar-refractivity contribution in [3.05, 3.63) is 35.9 Å². The second-order valence-corrected chi connectivity index (χ2v) is 5.43. The first-order valence-corrected chi connectivity index (χ1v) is 7.40. The van der Waals surface area contributed by atoms with E-state index in [0.29, 0.717) is 0 Å². The molecule has 0 bridgehead atoms. The van der Waals surface area contributed by atoms with Crippen molar-refractivity contribution in [2.24, 2.45) is 5.92 Å². The Balaban J connectivity index is 1.87. The smallest absolute Gasteiger partial charge is 0.0507 e. The summed E-state index contributed by atoms with van der Waals surface area (Å²) in [6.07, 6.45) is 1.22. The summed E-state index contributed by atoms with van der Waals surface area (Å²) >= 11 is 3.54. The molecule has 0 saturated carbocycles. The van der Waals surface area contributed by atoms with Crippen molar-refractivity contribution >= 4 is 15.9 Å². The fourth-order valence-electron chi connectivity index (χ4n) is 2.29. The predicted molar refractivity (Wildman–Crippen MR) is 74.4 cm³/mol. The number of hydrogen-bond acceptors (Lipinski definition) is 2. The summed E-state index contributed by atoms with van der Waals surface area (Å²) in [4.78, 5) is 2.52. The lowest BCUT2D eigenvalue weighted by atomic mass is 10.1. The predicted octanol–water partition coefficient (Wildman–Crippen LogP) is 2.92. The summed E-state index contributed by atoms with van der Waals surface area (Å²) in [5.74, 6) is 0.720. The Morgan fingerprint density at radius 2 is 2.12 bits per heavy atom. The van der Waals surface area contributed by atoms with Crippen LogP contribution in [0.3, 0.4) is 0 Å². The van der Waals surface area contributed by atoms with Crippen LogP contribution in [-0.4, -0.2) is 36.5 Å². The zero-order valence-electron chi connectivity index (χ0n) is 10.1.